The Morgan fingerprint density at radius 1 is 1.10 bits per heavy atom. The van der Waals surface area contributed by atoms with Crippen LogP contribution in [-0.2, 0) is 21.2 Å². The maximum Gasteiger partial charge on any atom is 0.251 e. The first-order valence-electron chi connectivity index (χ1n) is 10.0. The number of rotatable bonds is 6. The van der Waals surface area contributed by atoms with Gasteiger partial charge in [0, 0.05) is 23.7 Å². The molecule has 8 heteroatoms. The lowest BCUT2D eigenvalue weighted by Crippen LogP contribution is -2.28. The van der Waals surface area contributed by atoms with Crippen molar-refractivity contribution in [3.63, 3.8) is 0 Å². The summed E-state index contributed by atoms with van der Waals surface area (Å²) < 4.78 is 25.1. The standard InChI is InChI=1S/C22H25N3O4S/c1-14(15-5-8-19(9-6-15)24-21(26)16-3-4-16)23-22(27)18-7-10-20-17(13-18)11-12-25(20)30(2,28)29/h5-10,13-14,16H,3-4,11-12H2,1-2H3,(H,23,27)(H,24,26). The zero-order valence-electron chi connectivity index (χ0n) is 17.0. The third kappa shape index (κ3) is 4.33. The van der Waals surface area contributed by atoms with Crippen molar-refractivity contribution in [3.8, 4) is 0 Å². The highest BCUT2D eigenvalue weighted by molar-refractivity contribution is 7.92. The van der Waals surface area contributed by atoms with Gasteiger partial charge < -0.3 is 10.6 Å². The van der Waals surface area contributed by atoms with Gasteiger partial charge in [-0.05, 0) is 67.6 Å². The third-order valence-corrected chi connectivity index (χ3v) is 6.75. The summed E-state index contributed by atoms with van der Waals surface area (Å²) in [4.78, 5) is 24.5. The van der Waals surface area contributed by atoms with Crippen molar-refractivity contribution >= 4 is 33.2 Å². The van der Waals surface area contributed by atoms with Gasteiger partial charge in [0.25, 0.3) is 5.91 Å². The molecule has 1 aliphatic heterocycles. The zero-order chi connectivity index (χ0) is 21.5. The van der Waals surface area contributed by atoms with Crippen LogP contribution in [0.4, 0.5) is 11.4 Å². The Labute approximate surface area is 176 Å². The first kappa shape index (κ1) is 20.4. The van der Waals surface area contributed by atoms with Gasteiger partial charge in [-0.1, -0.05) is 12.1 Å². The minimum Gasteiger partial charge on any atom is -0.346 e. The van der Waals surface area contributed by atoms with E-state index >= 15 is 0 Å². The highest BCUT2D eigenvalue weighted by Gasteiger charge is 2.29. The highest BCUT2D eigenvalue weighted by atomic mass is 32.2. The van der Waals surface area contributed by atoms with Crippen molar-refractivity contribution in [1.82, 2.24) is 5.32 Å². The Morgan fingerprint density at radius 2 is 1.80 bits per heavy atom. The van der Waals surface area contributed by atoms with E-state index in [4.69, 9.17) is 0 Å². The van der Waals surface area contributed by atoms with Gasteiger partial charge in [-0.3, -0.25) is 13.9 Å². The van der Waals surface area contributed by atoms with Crippen LogP contribution < -0.4 is 14.9 Å². The number of nitrogens with zero attached hydrogens (tertiary/aromatic N) is 1. The van der Waals surface area contributed by atoms with Gasteiger partial charge in [-0.15, -0.1) is 0 Å². The molecule has 1 saturated carbocycles. The van der Waals surface area contributed by atoms with Crippen LogP contribution >= 0.6 is 0 Å². The van der Waals surface area contributed by atoms with Crippen molar-refractivity contribution < 1.29 is 18.0 Å². The fraction of sp³-hybridized carbons (Fsp3) is 0.364. The van der Waals surface area contributed by atoms with E-state index in [0.29, 0.717) is 24.2 Å². The van der Waals surface area contributed by atoms with Crippen molar-refractivity contribution in [2.75, 3.05) is 22.4 Å². The first-order valence-corrected chi connectivity index (χ1v) is 11.9. The van der Waals surface area contributed by atoms with E-state index in [9.17, 15) is 18.0 Å². The van der Waals surface area contributed by atoms with Gasteiger partial charge in [0.1, 0.15) is 0 Å². The topological polar surface area (TPSA) is 95.6 Å². The van der Waals surface area contributed by atoms with E-state index in [1.807, 2.05) is 31.2 Å². The lowest BCUT2D eigenvalue weighted by Gasteiger charge is -2.17. The molecule has 1 atom stereocenters. The number of anilines is 2. The van der Waals surface area contributed by atoms with Crippen LogP contribution in [0.25, 0.3) is 0 Å². The molecule has 2 aromatic carbocycles. The molecule has 7 nitrogen and oxygen atoms in total. The molecule has 2 aromatic rings. The minimum atomic E-state index is -3.31. The van der Waals surface area contributed by atoms with Crippen molar-refractivity contribution in [2.45, 2.75) is 32.2 Å². The van der Waals surface area contributed by atoms with Crippen molar-refractivity contribution in [1.29, 1.82) is 0 Å². The number of benzene rings is 2. The molecule has 0 saturated heterocycles. The fourth-order valence-electron chi connectivity index (χ4n) is 3.67. The predicted molar refractivity (Wildman–Crippen MR) is 116 cm³/mol. The second-order valence-corrected chi connectivity index (χ2v) is 9.92. The summed E-state index contributed by atoms with van der Waals surface area (Å²) in [5.41, 5.74) is 3.69. The molecule has 2 amide bonds. The minimum absolute atomic E-state index is 0.0650. The van der Waals surface area contributed by atoms with Gasteiger partial charge in [0.2, 0.25) is 15.9 Å². The SMILES string of the molecule is CC(NC(=O)c1ccc2c(c1)CCN2S(C)(=O)=O)c1ccc(NC(=O)C2CC2)cc1. The Balaban J connectivity index is 1.40. The quantitative estimate of drug-likeness (QED) is 0.741. The molecule has 1 unspecified atom stereocenters. The molecular formula is C22H25N3O4S. The number of fused-ring (bicyclic) bond motifs is 1. The second-order valence-electron chi connectivity index (χ2n) is 8.01. The van der Waals surface area contributed by atoms with Crippen molar-refractivity contribution in [2.24, 2.45) is 5.92 Å². The van der Waals surface area contributed by atoms with Crippen LogP contribution in [0.3, 0.4) is 0 Å². The van der Waals surface area contributed by atoms with Gasteiger partial charge >= 0.3 is 0 Å². The maximum absolute atomic E-state index is 12.7. The van der Waals surface area contributed by atoms with E-state index in [2.05, 4.69) is 10.6 Å². The molecule has 0 aromatic heterocycles. The summed E-state index contributed by atoms with van der Waals surface area (Å²) in [6.07, 6.45) is 3.70. The Bertz CT molecular complexity index is 1090. The molecule has 2 N–H and O–H groups in total. The molecule has 0 radical (unpaired) electrons. The summed E-state index contributed by atoms with van der Waals surface area (Å²) in [5, 5.41) is 5.88. The average Bonchev–Trinajstić information content (AvgIpc) is 3.46. The molecule has 1 fully saturated rings. The van der Waals surface area contributed by atoms with Crippen LogP contribution in [0.5, 0.6) is 0 Å². The summed E-state index contributed by atoms with van der Waals surface area (Å²) >= 11 is 0. The number of hydrogen-bond acceptors (Lipinski definition) is 4. The Hall–Kier alpha value is -2.87. The van der Waals surface area contributed by atoms with E-state index < -0.39 is 10.0 Å². The summed E-state index contributed by atoms with van der Waals surface area (Å²) in [6, 6.07) is 12.4. The van der Waals surface area contributed by atoms with Gasteiger partial charge in [0.05, 0.1) is 18.0 Å². The normalized spacial score (nSPS) is 16.7. The van der Waals surface area contributed by atoms with Gasteiger partial charge in [0.15, 0.2) is 0 Å². The number of carbonyl (C=O) groups excluding carboxylic acids is 2. The van der Waals surface area contributed by atoms with Crippen molar-refractivity contribution in [3.05, 3.63) is 59.2 Å². The maximum atomic E-state index is 12.7. The number of amides is 2. The average molecular weight is 428 g/mol. The van der Waals surface area contributed by atoms with Crippen LogP contribution in [0, 0.1) is 5.92 Å². The van der Waals surface area contributed by atoms with Gasteiger partial charge in [-0.25, -0.2) is 8.42 Å². The van der Waals surface area contributed by atoms with Crippen LogP contribution in [0.15, 0.2) is 42.5 Å². The number of sulfonamides is 1. The van der Waals surface area contributed by atoms with E-state index in [1.54, 1.807) is 18.2 Å². The molecule has 30 heavy (non-hydrogen) atoms. The van der Waals surface area contributed by atoms with E-state index in [1.165, 1.54) is 10.6 Å². The molecule has 158 valence electrons. The molecule has 2 aliphatic rings. The van der Waals surface area contributed by atoms with Crippen LogP contribution in [0.2, 0.25) is 0 Å². The second kappa shape index (κ2) is 7.75. The molecule has 0 spiro atoms. The Kier molecular flexibility index (Phi) is 5.27. The summed E-state index contributed by atoms with van der Waals surface area (Å²) in [6.45, 7) is 2.30. The summed E-state index contributed by atoms with van der Waals surface area (Å²) in [5.74, 6) is 0.00379. The zero-order valence-corrected chi connectivity index (χ0v) is 17.8. The molecule has 4 rings (SSSR count). The molecular weight excluding hydrogens is 402 g/mol. The summed E-state index contributed by atoms with van der Waals surface area (Å²) in [7, 11) is -3.31. The molecule has 0 bridgehead atoms. The number of carbonyl (C=O) groups is 2. The fourth-order valence-corrected chi connectivity index (χ4v) is 4.62. The molecule has 1 aliphatic carbocycles. The van der Waals surface area contributed by atoms with Gasteiger partial charge in [-0.2, -0.15) is 0 Å². The smallest absolute Gasteiger partial charge is 0.251 e. The lowest BCUT2D eigenvalue weighted by atomic mass is 10.1. The number of hydrogen-bond donors (Lipinski definition) is 2. The van der Waals surface area contributed by atoms with Crippen LogP contribution in [-0.4, -0.2) is 33.0 Å². The van der Waals surface area contributed by atoms with Crippen LogP contribution in [0.1, 0.15) is 47.3 Å². The molecule has 1 heterocycles. The third-order valence-electron chi connectivity index (χ3n) is 5.57. The van der Waals surface area contributed by atoms with E-state index in [0.717, 1.165) is 29.7 Å². The predicted octanol–water partition coefficient (Wildman–Crippen LogP) is 2.85. The first-order chi connectivity index (χ1) is 14.2. The monoisotopic (exact) mass is 427 g/mol. The lowest BCUT2D eigenvalue weighted by molar-refractivity contribution is -0.117. The largest absolute Gasteiger partial charge is 0.346 e. The number of nitrogens with one attached hydrogen (secondary N) is 2. The Morgan fingerprint density at radius 3 is 2.43 bits per heavy atom. The van der Waals surface area contributed by atoms with E-state index in [-0.39, 0.29) is 23.8 Å². The highest BCUT2D eigenvalue weighted by Crippen LogP contribution is 2.31.